The summed E-state index contributed by atoms with van der Waals surface area (Å²) in [5.41, 5.74) is 2.05. The van der Waals surface area contributed by atoms with Crippen molar-refractivity contribution in [2.45, 2.75) is 65.0 Å². The van der Waals surface area contributed by atoms with Crippen LogP contribution in [0.25, 0.3) is 0 Å². The summed E-state index contributed by atoms with van der Waals surface area (Å²) in [6.07, 6.45) is 9.09. The van der Waals surface area contributed by atoms with Gasteiger partial charge < -0.3 is 14.8 Å². The molecule has 1 aliphatic heterocycles. The van der Waals surface area contributed by atoms with Crippen LogP contribution in [0.3, 0.4) is 0 Å². The summed E-state index contributed by atoms with van der Waals surface area (Å²) in [6.45, 7) is 6.11. The highest BCUT2D eigenvalue weighted by atomic mass is 16.2. The number of aromatic nitrogens is 1. The quantitative estimate of drug-likeness (QED) is 0.773. The number of nitrogens with zero attached hydrogens (tertiary/aromatic N) is 2. The Morgan fingerprint density at radius 2 is 1.75 bits per heavy atom. The fourth-order valence-electron chi connectivity index (χ4n) is 4.88. The monoisotopic (exact) mass is 435 g/mol. The van der Waals surface area contributed by atoms with E-state index in [1.165, 1.54) is 5.56 Å². The predicted octanol–water partition coefficient (Wildman–Crippen LogP) is 3.94. The molecule has 2 aliphatic rings. The first-order chi connectivity index (χ1) is 15.4. The van der Waals surface area contributed by atoms with Gasteiger partial charge in [0.05, 0.1) is 6.04 Å². The van der Waals surface area contributed by atoms with Crippen molar-refractivity contribution in [1.29, 1.82) is 0 Å². The second-order valence-corrected chi connectivity index (χ2v) is 9.48. The molecule has 2 heterocycles. The summed E-state index contributed by atoms with van der Waals surface area (Å²) in [5, 5.41) is 3.08. The smallest absolute Gasteiger partial charge is 0.259 e. The summed E-state index contributed by atoms with van der Waals surface area (Å²) < 4.78 is 1.83. The maximum atomic E-state index is 13.3. The Balaban J connectivity index is 1.66. The molecule has 1 saturated heterocycles. The van der Waals surface area contributed by atoms with Crippen LogP contribution in [-0.4, -0.2) is 34.4 Å². The Morgan fingerprint density at radius 1 is 1.03 bits per heavy atom. The molecular weight excluding hydrogens is 402 g/mol. The van der Waals surface area contributed by atoms with Gasteiger partial charge in [0.15, 0.2) is 0 Å². The number of amides is 2. The third kappa shape index (κ3) is 4.79. The van der Waals surface area contributed by atoms with E-state index in [0.717, 1.165) is 44.1 Å². The molecule has 1 unspecified atom stereocenters. The summed E-state index contributed by atoms with van der Waals surface area (Å²) in [5.74, 6) is -0.344. The molecule has 1 N–H and O–H groups in total. The highest BCUT2D eigenvalue weighted by Gasteiger charge is 2.27. The minimum atomic E-state index is -0.470. The first-order valence-electron chi connectivity index (χ1n) is 11.9. The molecule has 0 spiro atoms. The lowest BCUT2D eigenvalue weighted by Crippen LogP contribution is -2.41. The van der Waals surface area contributed by atoms with Crippen molar-refractivity contribution in [3.63, 3.8) is 0 Å². The Morgan fingerprint density at radius 3 is 2.50 bits per heavy atom. The Kier molecular flexibility index (Phi) is 6.77. The molecule has 1 aliphatic carbocycles. The van der Waals surface area contributed by atoms with E-state index < -0.39 is 11.3 Å². The number of hydrogen-bond donors (Lipinski definition) is 1. The highest BCUT2D eigenvalue weighted by molar-refractivity contribution is 5.99. The van der Waals surface area contributed by atoms with E-state index in [1.54, 1.807) is 17.3 Å². The fraction of sp³-hybridized carbons (Fsp3) is 0.500. The van der Waals surface area contributed by atoms with Crippen molar-refractivity contribution in [2.75, 3.05) is 13.1 Å². The third-order valence-electron chi connectivity index (χ3n) is 6.45. The van der Waals surface area contributed by atoms with Crippen LogP contribution in [0, 0.1) is 5.92 Å². The molecule has 4 rings (SSSR count). The summed E-state index contributed by atoms with van der Waals surface area (Å²) in [7, 11) is 0. The molecule has 1 fully saturated rings. The molecule has 0 radical (unpaired) electrons. The molecule has 170 valence electrons. The van der Waals surface area contributed by atoms with Crippen LogP contribution < -0.4 is 10.7 Å². The second kappa shape index (κ2) is 9.72. The van der Waals surface area contributed by atoms with Gasteiger partial charge in [-0.1, -0.05) is 38.1 Å². The van der Waals surface area contributed by atoms with Crippen LogP contribution >= 0.6 is 0 Å². The lowest BCUT2D eigenvalue weighted by atomic mass is 9.87. The van der Waals surface area contributed by atoms with Gasteiger partial charge in [-0.15, -0.1) is 0 Å². The van der Waals surface area contributed by atoms with Gasteiger partial charge in [-0.05, 0) is 55.6 Å². The van der Waals surface area contributed by atoms with Crippen molar-refractivity contribution in [3.05, 3.63) is 69.1 Å². The number of pyridine rings is 1. The number of fused-ring (bicyclic) bond motifs is 1. The van der Waals surface area contributed by atoms with Crippen molar-refractivity contribution in [3.8, 4) is 0 Å². The molecule has 1 atom stereocenters. The number of carbonyl (C=O) groups is 2. The van der Waals surface area contributed by atoms with Gasteiger partial charge in [0.1, 0.15) is 11.1 Å². The lowest BCUT2D eigenvalue weighted by molar-refractivity contribution is 0.0722. The van der Waals surface area contributed by atoms with Crippen LogP contribution in [0.1, 0.15) is 83.8 Å². The molecule has 0 bridgehead atoms. The second-order valence-electron chi connectivity index (χ2n) is 9.48. The molecule has 1 aromatic carbocycles. The number of nitrogens with one attached hydrogen (secondary N) is 1. The fourth-order valence-corrected chi connectivity index (χ4v) is 4.88. The zero-order valence-corrected chi connectivity index (χ0v) is 19.1. The average Bonchev–Trinajstić information content (AvgIpc) is 2.80. The number of carbonyl (C=O) groups excluding carboxylic acids is 2. The lowest BCUT2D eigenvalue weighted by Gasteiger charge is -2.27. The Hall–Kier alpha value is -2.89. The van der Waals surface area contributed by atoms with Gasteiger partial charge >= 0.3 is 0 Å². The van der Waals surface area contributed by atoms with Crippen molar-refractivity contribution in [1.82, 2.24) is 14.8 Å². The number of benzene rings is 1. The number of piperidine rings is 1. The molecule has 2 aromatic rings. The Labute approximate surface area is 189 Å². The van der Waals surface area contributed by atoms with Crippen LogP contribution in [0.15, 0.2) is 41.5 Å². The molecule has 6 heteroatoms. The molecule has 32 heavy (non-hydrogen) atoms. The van der Waals surface area contributed by atoms with Gasteiger partial charge in [-0.25, -0.2) is 0 Å². The van der Waals surface area contributed by atoms with Crippen molar-refractivity contribution < 1.29 is 9.59 Å². The molecule has 1 aromatic heterocycles. The maximum Gasteiger partial charge on any atom is 0.259 e. The zero-order valence-electron chi connectivity index (χ0n) is 19.1. The van der Waals surface area contributed by atoms with Gasteiger partial charge in [0.2, 0.25) is 5.43 Å². The van der Waals surface area contributed by atoms with E-state index >= 15 is 0 Å². The third-order valence-corrected chi connectivity index (χ3v) is 6.45. The van der Waals surface area contributed by atoms with E-state index in [0.29, 0.717) is 25.6 Å². The number of aryl methyl sites for hydroxylation is 1. The van der Waals surface area contributed by atoms with Crippen LogP contribution in [0.2, 0.25) is 0 Å². The number of likely N-dealkylation sites (tertiary alicyclic amines) is 1. The van der Waals surface area contributed by atoms with E-state index in [4.69, 9.17) is 0 Å². The molecule has 6 nitrogen and oxygen atoms in total. The molecule has 0 saturated carbocycles. The summed E-state index contributed by atoms with van der Waals surface area (Å²) in [6, 6.07) is 8.03. The van der Waals surface area contributed by atoms with Gasteiger partial charge in [-0.3, -0.25) is 14.4 Å². The first-order valence-corrected chi connectivity index (χ1v) is 11.9. The van der Waals surface area contributed by atoms with E-state index in [-0.39, 0.29) is 23.1 Å². The molecule has 2 amide bonds. The average molecular weight is 436 g/mol. The van der Waals surface area contributed by atoms with E-state index in [2.05, 4.69) is 25.2 Å². The molecular formula is C26H33N3O3. The highest BCUT2D eigenvalue weighted by Crippen LogP contribution is 2.29. The van der Waals surface area contributed by atoms with Gasteiger partial charge in [-0.2, -0.15) is 0 Å². The van der Waals surface area contributed by atoms with E-state index in [9.17, 15) is 14.4 Å². The van der Waals surface area contributed by atoms with Gasteiger partial charge in [0, 0.05) is 32.0 Å². The zero-order chi connectivity index (χ0) is 22.7. The predicted molar refractivity (Wildman–Crippen MR) is 125 cm³/mol. The normalized spacial score (nSPS) is 18.3. The summed E-state index contributed by atoms with van der Waals surface area (Å²) >= 11 is 0. The summed E-state index contributed by atoms with van der Waals surface area (Å²) in [4.78, 5) is 41.5. The van der Waals surface area contributed by atoms with Crippen molar-refractivity contribution in [2.24, 2.45) is 5.92 Å². The minimum absolute atomic E-state index is 0.0524. The maximum absolute atomic E-state index is 13.3. The van der Waals surface area contributed by atoms with Crippen molar-refractivity contribution >= 4 is 11.8 Å². The largest absolute Gasteiger partial charge is 0.352 e. The van der Waals surface area contributed by atoms with Crippen LogP contribution in [-0.2, 0) is 13.0 Å². The SMILES string of the molecule is CC(C)Cn1cc(C(=O)NC2CCCc3ccccc32)c(=O)c(C(=O)N2CCCCC2)c1. The van der Waals surface area contributed by atoms with Crippen LogP contribution in [0.4, 0.5) is 0 Å². The Bertz CT molecular complexity index is 1050. The minimum Gasteiger partial charge on any atom is -0.352 e. The number of rotatable bonds is 5. The van der Waals surface area contributed by atoms with Gasteiger partial charge in [0.25, 0.3) is 11.8 Å². The topological polar surface area (TPSA) is 71.4 Å². The number of hydrogen-bond acceptors (Lipinski definition) is 3. The van der Waals surface area contributed by atoms with E-state index in [1.807, 2.05) is 22.8 Å². The van der Waals surface area contributed by atoms with Crippen LogP contribution in [0.5, 0.6) is 0 Å². The first kappa shape index (κ1) is 22.3. The standard InChI is InChI=1S/C26H33N3O3/c1-18(2)15-28-16-21(24(30)22(17-28)26(32)29-13-6-3-7-14-29)25(31)27-23-12-8-10-19-9-4-5-11-20(19)23/h4-5,9,11,16-18,23H,3,6-8,10,12-15H2,1-2H3,(H,27,31).